The topological polar surface area (TPSA) is 109 Å². The Kier molecular flexibility index (Phi) is 6.36. The average molecular weight is 462 g/mol. The number of amides is 2. The molecular formula is C23H21N6O3S+. The zero-order valence-electron chi connectivity index (χ0n) is 18.0. The zero-order valence-corrected chi connectivity index (χ0v) is 18.8. The summed E-state index contributed by atoms with van der Waals surface area (Å²) in [5, 5.41) is 7.53. The van der Waals surface area contributed by atoms with Crippen molar-refractivity contribution in [1.29, 1.82) is 0 Å². The van der Waals surface area contributed by atoms with E-state index in [1.54, 1.807) is 6.20 Å². The molecule has 0 saturated heterocycles. The van der Waals surface area contributed by atoms with Crippen LogP contribution in [0.1, 0.15) is 16.1 Å². The number of benzene rings is 1. The molecule has 0 fully saturated rings. The third-order valence-electron chi connectivity index (χ3n) is 4.81. The van der Waals surface area contributed by atoms with Crippen molar-refractivity contribution in [3.63, 3.8) is 0 Å². The lowest BCUT2D eigenvalue weighted by molar-refractivity contribution is -0.578. The van der Waals surface area contributed by atoms with Gasteiger partial charge in [0.1, 0.15) is 4.87 Å². The molecule has 0 radical (unpaired) electrons. The molecule has 0 spiro atoms. The number of carbonyl (C=O) groups is 2. The van der Waals surface area contributed by atoms with Crippen molar-refractivity contribution in [3.05, 3.63) is 82.6 Å². The highest BCUT2D eigenvalue weighted by Crippen LogP contribution is 2.29. The second-order valence-electron chi connectivity index (χ2n) is 7.28. The van der Waals surface area contributed by atoms with Gasteiger partial charge in [0.25, 0.3) is 5.91 Å². The highest BCUT2D eigenvalue weighted by molar-refractivity contribution is 7.14. The number of anilines is 1. The lowest BCUT2D eigenvalue weighted by atomic mass is 10.0. The summed E-state index contributed by atoms with van der Waals surface area (Å²) >= 11 is 1.30. The molecule has 10 heteroatoms. The third kappa shape index (κ3) is 5.36. The van der Waals surface area contributed by atoms with Crippen LogP contribution in [0.2, 0.25) is 0 Å². The van der Waals surface area contributed by atoms with Crippen LogP contribution in [-0.4, -0.2) is 44.9 Å². The van der Waals surface area contributed by atoms with Crippen LogP contribution in [-0.2, 0) is 4.79 Å². The lowest BCUT2D eigenvalue weighted by Gasteiger charge is -2.05. The summed E-state index contributed by atoms with van der Waals surface area (Å²) in [4.78, 5) is 45.0. The molecule has 3 aromatic heterocycles. The maximum Gasteiger partial charge on any atom is 0.253 e. The van der Waals surface area contributed by atoms with Crippen LogP contribution in [0, 0.1) is 11.8 Å². The van der Waals surface area contributed by atoms with E-state index in [9.17, 15) is 14.5 Å². The minimum absolute atomic E-state index is 0.219. The van der Waals surface area contributed by atoms with Gasteiger partial charge in [-0.15, -0.1) is 11.3 Å². The number of rotatable bonds is 7. The number of carbonyl (C=O) groups excluding carboxylic acids is 2. The second-order valence-corrected chi connectivity index (χ2v) is 8.14. The molecule has 33 heavy (non-hydrogen) atoms. The normalized spacial score (nSPS) is 10.6. The van der Waals surface area contributed by atoms with E-state index in [1.807, 2.05) is 48.7 Å². The van der Waals surface area contributed by atoms with E-state index in [2.05, 4.69) is 20.6 Å². The molecule has 2 N–H and O–H groups in total. The lowest BCUT2D eigenvalue weighted by Crippen LogP contribution is -2.32. The van der Waals surface area contributed by atoms with Gasteiger partial charge in [0.2, 0.25) is 13.0 Å². The number of nitrogens with zero attached hydrogens (tertiary/aromatic N) is 4. The van der Waals surface area contributed by atoms with E-state index in [4.69, 9.17) is 0 Å². The second kappa shape index (κ2) is 9.53. The quantitative estimate of drug-likeness (QED) is 0.409. The predicted molar refractivity (Wildman–Crippen MR) is 126 cm³/mol. The first kappa shape index (κ1) is 22.0. The van der Waals surface area contributed by atoms with E-state index < -0.39 is 11.8 Å². The van der Waals surface area contributed by atoms with Gasteiger partial charge in [0.15, 0.2) is 5.13 Å². The number of hydrogen-bond acceptors (Lipinski definition) is 6. The molecule has 9 nitrogen and oxygen atoms in total. The van der Waals surface area contributed by atoms with E-state index in [0.717, 1.165) is 28.1 Å². The molecule has 0 saturated carbocycles. The number of thiazole rings is 1. The third-order valence-corrected chi connectivity index (χ3v) is 5.57. The van der Waals surface area contributed by atoms with Crippen molar-refractivity contribution in [2.75, 3.05) is 18.9 Å². The van der Waals surface area contributed by atoms with Crippen LogP contribution in [0.5, 0.6) is 0 Å². The van der Waals surface area contributed by atoms with E-state index in [0.29, 0.717) is 10.0 Å². The maximum absolute atomic E-state index is 12.2. The molecule has 0 bridgehead atoms. The van der Waals surface area contributed by atoms with E-state index >= 15 is 0 Å². The fourth-order valence-corrected chi connectivity index (χ4v) is 3.90. The van der Waals surface area contributed by atoms with Crippen molar-refractivity contribution >= 4 is 28.3 Å². The standard InChI is InChI=1S/C23H20N6O3S/c1-15-10-17(6-8-24-15)16-4-3-5-18(11-16)20-14-33-23(26-20)27-21(30)12-25-22(31)19-7-9-29(13-19)28(2)32/h3-11,13-14H,12H2,1-2H3,(H-,25,26,27,30,31)/p+1. The Morgan fingerprint density at radius 3 is 2.67 bits per heavy atom. The van der Waals surface area contributed by atoms with Crippen molar-refractivity contribution < 1.29 is 14.5 Å². The summed E-state index contributed by atoms with van der Waals surface area (Å²) in [6.07, 6.45) is 4.63. The van der Waals surface area contributed by atoms with Crippen molar-refractivity contribution in [2.45, 2.75) is 6.92 Å². The van der Waals surface area contributed by atoms with E-state index in [-0.39, 0.29) is 12.1 Å². The van der Waals surface area contributed by atoms with Crippen LogP contribution in [0.3, 0.4) is 0 Å². The van der Waals surface area contributed by atoms with Crippen LogP contribution in [0.25, 0.3) is 22.4 Å². The smallest absolute Gasteiger partial charge is 0.253 e. The molecule has 0 atom stereocenters. The number of pyridine rings is 1. The summed E-state index contributed by atoms with van der Waals surface area (Å²) in [6, 6.07) is 13.5. The van der Waals surface area contributed by atoms with Gasteiger partial charge in [-0.3, -0.25) is 14.6 Å². The highest BCUT2D eigenvalue weighted by atomic mass is 32.1. The number of nitrogens with one attached hydrogen (secondary N) is 2. The highest BCUT2D eigenvalue weighted by Gasteiger charge is 2.14. The fourth-order valence-electron chi connectivity index (χ4n) is 3.17. The van der Waals surface area contributed by atoms with Gasteiger partial charge in [-0.05, 0) is 42.3 Å². The summed E-state index contributed by atoms with van der Waals surface area (Å²) in [5.74, 6) is -0.848. The Morgan fingerprint density at radius 2 is 1.91 bits per heavy atom. The number of nitroso groups, excluding NO2 is 1. The molecule has 4 aromatic rings. The van der Waals surface area contributed by atoms with Gasteiger partial charge in [-0.25, -0.2) is 4.98 Å². The molecule has 3 heterocycles. The Hall–Kier alpha value is -4.18. The molecule has 0 aliphatic rings. The molecular weight excluding hydrogens is 440 g/mol. The number of hydrogen-bond donors (Lipinski definition) is 2. The first-order valence-corrected chi connectivity index (χ1v) is 10.9. The molecule has 4 rings (SSSR count). The minimum Gasteiger partial charge on any atom is -0.343 e. The first-order chi connectivity index (χ1) is 15.9. The van der Waals surface area contributed by atoms with Crippen molar-refractivity contribution in [3.8, 4) is 22.4 Å². The van der Waals surface area contributed by atoms with E-state index in [1.165, 1.54) is 41.5 Å². The van der Waals surface area contributed by atoms with Gasteiger partial charge in [-0.2, -0.15) is 0 Å². The summed E-state index contributed by atoms with van der Waals surface area (Å²) < 4.78 is 1.22. The summed E-state index contributed by atoms with van der Waals surface area (Å²) in [6.45, 7) is 1.73. The number of aryl methyl sites for hydroxylation is 1. The monoisotopic (exact) mass is 461 g/mol. The van der Waals surface area contributed by atoms with Gasteiger partial charge < -0.3 is 10.6 Å². The number of aromatic nitrogens is 3. The predicted octanol–water partition coefficient (Wildman–Crippen LogP) is 3.52. The largest absolute Gasteiger partial charge is 0.343 e. The molecule has 0 aliphatic heterocycles. The fraction of sp³-hybridized carbons (Fsp3) is 0.130. The Balaban J connectivity index is 1.37. The molecule has 166 valence electrons. The Morgan fingerprint density at radius 1 is 1.12 bits per heavy atom. The van der Waals surface area contributed by atoms with Crippen LogP contribution < -0.4 is 10.6 Å². The van der Waals surface area contributed by atoms with Crippen molar-refractivity contribution in [2.24, 2.45) is 0 Å². The average Bonchev–Trinajstić information content (AvgIpc) is 3.48. The summed E-state index contributed by atoms with van der Waals surface area (Å²) in [5.41, 5.74) is 5.03. The molecule has 2 amide bonds. The Labute approximate surface area is 193 Å². The van der Waals surface area contributed by atoms with Crippen molar-refractivity contribution in [1.82, 2.24) is 20.0 Å². The van der Waals surface area contributed by atoms with Crippen LogP contribution in [0.15, 0.2) is 66.4 Å². The molecule has 0 aliphatic carbocycles. The van der Waals surface area contributed by atoms with Gasteiger partial charge in [0.05, 0.1) is 35.1 Å². The van der Waals surface area contributed by atoms with Gasteiger partial charge in [-0.1, -0.05) is 22.9 Å². The van der Waals surface area contributed by atoms with Gasteiger partial charge >= 0.3 is 0 Å². The van der Waals surface area contributed by atoms with Gasteiger partial charge in [0, 0.05) is 22.8 Å². The molecule has 1 aromatic carbocycles. The molecule has 0 unspecified atom stereocenters. The Bertz CT molecular complexity index is 1340. The SMILES string of the molecule is Cc1cc(-c2cccc(-c3csc(NC(=O)CNC(=O)c4ccn([N+](C)=O)c4)n3)c2)ccn1. The minimum atomic E-state index is -0.450. The zero-order chi connectivity index (χ0) is 23.4. The summed E-state index contributed by atoms with van der Waals surface area (Å²) in [7, 11) is 1.31. The van der Waals surface area contributed by atoms with Crippen LogP contribution in [0.4, 0.5) is 5.13 Å². The first-order valence-electron chi connectivity index (χ1n) is 10.1. The maximum atomic E-state index is 12.2. The van der Waals surface area contributed by atoms with Crippen LogP contribution >= 0.6 is 11.3 Å².